The summed E-state index contributed by atoms with van der Waals surface area (Å²) < 4.78 is 0. The molecule has 152 valence electrons. The van der Waals surface area contributed by atoms with E-state index in [4.69, 9.17) is 0 Å². The lowest BCUT2D eigenvalue weighted by Gasteiger charge is -2.43. The molecule has 0 atom stereocenters. The minimum atomic E-state index is -0.142. The number of likely N-dealkylation sites (tertiary alicyclic amines) is 1. The molecular formula is C25H19N3O3. The van der Waals surface area contributed by atoms with Crippen LogP contribution in [-0.4, -0.2) is 45.9 Å². The molecule has 0 aromatic heterocycles. The molecule has 0 bridgehead atoms. The van der Waals surface area contributed by atoms with Crippen molar-refractivity contribution in [1.29, 1.82) is 5.26 Å². The van der Waals surface area contributed by atoms with Crippen molar-refractivity contribution in [3.63, 3.8) is 0 Å². The van der Waals surface area contributed by atoms with Crippen molar-refractivity contribution in [2.75, 3.05) is 13.1 Å². The van der Waals surface area contributed by atoms with Gasteiger partial charge in [0.15, 0.2) is 0 Å². The van der Waals surface area contributed by atoms with Gasteiger partial charge in [0.25, 0.3) is 5.91 Å². The van der Waals surface area contributed by atoms with Crippen LogP contribution < -0.4 is 0 Å². The molecule has 2 aliphatic heterocycles. The van der Waals surface area contributed by atoms with E-state index in [-0.39, 0.29) is 23.6 Å². The highest BCUT2D eigenvalue weighted by atomic mass is 16.3. The molecule has 1 fully saturated rings. The van der Waals surface area contributed by atoms with Gasteiger partial charge in [-0.15, -0.1) is 0 Å². The molecule has 0 unspecified atom stereocenters. The van der Waals surface area contributed by atoms with Crippen molar-refractivity contribution in [3.8, 4) is 22.9 Å². The summed E-state index contributed by atoms with van der Waals surface area (Å²) in [5.41, 5.74) is 3.17. The standard InChI is InChI=1S/C25H19N3O3/c1-2-24(30)27-12-18(13-27)28-14-23-17(11-26)7-16(9-22(23)25(28)31)21-10-19(29)8-15-5-3-4-6-20(15)21/h2-10,18,29H,1,12-14H2. The zero-order chi connectivity index (χ0) is 21.7. The van der Waals surface area contributed by atoms with E-state index >= 15 is 0 Å². The highest BCUT2D eigenvalue weighted by Gasteiger charge is 2.41. The summed E-state index contributed by atoms with van der Waals surface area (Å²) in [6.45, 7) is 4.79. The van der Waals surface area contributed by atoms with E-state index in [9.17, 15) is 20.0 Å². The van der Waals surface area contributed by atoms with E-state index in [1.54, 1.807) is 28.0 Å². The van der Waals surface area contributed by atoms with Gasteiger partial charge in [0.1, 0.15) is 5.75 Å². The minimum Gasteiger partial charge on any atom is -0.508 e. The van der Waals surface area contributed by atoms with Gasteiger partial charge in [0, 0.05) is 30.8 Å². The Morgan fingerprint density at radius 3 is 2.68 bits per heavy atom. The summed E-state index contributed by atoms with van der Waals surface area (Å²) in [7, 11) is 0. The Bertz CT molecular complexity index is 1320. The molecule has 0 radical (unpaired) electrons. The molecule has 1 saturated heterocycles. The molecule has 31 heavy (non-hydrogen) atoms. The maximum atomic E-state index is 13.2. The number of hydrogen-bond donors (Lipinski definition) is 1. The summed E-state index contributed by atoms with van der Waals surface area (Å²) in [4.78, 5) is 28.3. The molecule has 0 aliphatic carbocycles. The van der Waals surface area contributed by atoms with Crippen LogP contribution in [0.2, 0.25) is 0 Å². The van der Waals surface area contributed by atoms with E-state index in [0.29, 0.717) is 36.3 Å². The highest BCUT2D eigenvalue weighted by Crippen LogP contribution is 2.37. The summed E-state index contributed by atoms with van der Waals surface area (Å²) in [5, 5.41) is 21.8. The smallest absolute Gasteiger partial charge is 0.254 e. The van der Waals surface area contributed by atoms with Crippen LogP contribution in [0.4, 0.5) is 0 Å². The molecule has 3 aromatic carbocycles. The third-order valence-electron chi connectivity index (χ3n) is 6.14. The average Bonchev–Trinajstić information content (AvgIpc) is 3.07. The predicted molar refractivity (Wildman–Crippen MR) is 116 cm³/mol. The number of nitrogens with zero attached hydrogens (tertiary/aromatic N) is 3. The van der Waals surface area contributed by atoms with E-state index in [1.165, 1.54) is 6.08 Å². The highest BCUT2D eigenvalue weighted by molar-refractivity contribution is 6.03. The van der Waals surface area contributed by atoms with Crippen molar-refractivity contribution in [2.24, 2.45) is 0 Å². The molecule has 2 heterocycles. The normalized spacial score (nSPS) is 15.5. The van der Waals surface area contributed by atoms with Gasteiger partial charge in [0.2, 0.25) is 5.91 Å². The predicted octanol–water partition coefficient (Wildman–Crippen LogP) is 3.44. The number of benzene rings is 3. The molecule has 2 aliphatic rings. The SMILES string of the molecule is C=CC(=O)N1CC(N2Cc3c(C#N)cc(-c4cc(O)cc5ccccc45)cc3C2=O)C1. The van der Waals surface area contributed by atoms with Crippen LogP contribution in [-0.2, 0) is 11.3 Å². The summed E-state index contributed by atoms with van der Waals surface area (Å²) in [6.07, 6.45) is 1.27. The Kier molecular flexibility index (Phi) is 4.26. The van der Waals surface area contributed by atoms with Crippen LogP contribution in [0.25, 0.3) is 21.9 Å². The van der Waals surface area contributed by atoms with Crippen LogP contribution in [0, 0.1) is 11.3 Å². The van der Waals surface area contributed by atoms with Gasteiger partial charge >= 0.3 is 0 Å². The molecule has 5 rings (SSSR count). The van der Waals surface area contributed by atoms with E-state index in [2.05, 4.69) is 12.6 Å². The first kappa shape index (κ1) is 18.9. The Morgan fingerprint density at radius 2 is 1.94 bits per heavy atom. The van der Waals surface area contributed by atoms with Gasteiger partial charge in [-0.2, -0.15) is 5.26 Å². The van der Waals surface area contributed by atoms with Gasteiger partial charge in [-0.3, -0.25) is 9.59 Å². The second kappa shape index (κ2) is 6.99. The minimum absolute atomic E-state index is 0.0691. The van der Waals surface area contributed by atoms with E-state index < -0.39 is 0 Å². The van der Waals surface area contributed by atoms with Gasteiger partial charge in [-0.25, -0.2) is 0 Å². The van der Waals surface area contributed by atoms with Crippen molar-refractivity contribution >= 4 is 22.6 Å². The largest absolute Gasteiger partial charge is 0.508 e. The van der Waals surface area contributed by atoms with Crippen LogP contribution in [0.15, 0.2) is 61.2 Å². The lowest BCUT2D eigenvalue weighted by molar-refractivity contribution is -0.132. The Morgan fingerprint density at radius 1 is 1.16 bits per heavy atom. The average molecular weight is 409 g/mol. The topological polar surface area (TPSA) is 84.6 Å². The van der Waals surface area contributed by atoms with Crippen LogP contribution in [0.1, 0.15) is 21.5 Å². The van der Waals surface area contributed by atoms with Crippen molar-refractivity contribution in [3.05, 3.63) is 77.9 Å². The monoisotopic (exact) mass is 409 g/mol. The van der Waals surface area contributed by atoms with Crippen LogP contribution >= 0.6 is 0 Å². The number of carbonyl (C=O) groups is 2. The molecule has 2 amide bonds. The number of amides is 2. The number of nitriles is 1. The molecule has 0 saturated carbocycles. The Hall–Kier alpha value is -4.11. The lowest BCUT2D eigenvalue weighted by Crippen LogP contribution is -2.60. The molecule has 0 spiro atoms. The summed E-state index contributed by atoms with van der Waals surface area (Å²) in [5.74, 6) is -0.146. The third kappa shape index (κ3) is 2.94. The zero-order valence-corrected chi connectivity index (χ0v) is 16.7. The molecule has 6 heteroatoms. The first-order chi connectivity index (χ1) is 15.0. The number of carbonyl (C=O) groups excluding carboxylic acids is 2. The number of fused-ring (bicyclic) bond motifs is 2. The van der Waals surface area contributed by atoms with E-state index in [1.807, 2.05) is 30.3 Å². The fourth-order valence-electron chi connectivity index (χ4n) is 4.48. The molecule has 6 nitrogen and oxygen atoms in total. The van der Waals surface area contributed by atoms with Crippen molar-refractivity contribution in [2.45, 2.75) is 12.6 Å². The first-order valence-electron chi connectivity index (χ1n) is 10.0. The molecule has 1 N–H and O–H groups in total. The number of aromatic hydroxyl groups is 1. The maximum Gasteiger partial charge on any atom is 0.254 e. The van der Waals surface area contributed by atoms with Gasteiger partial charge in [-0.05, 0) is 52.2 Å². The molecular weight excluding hydrogens is 390 g/mol. The van der Waals surface area contributed by atoms with E-state index in [0.717, 1.165) is 21.9 Å². The Balaban J connectivity index is 1.55. The fraction of sp³-hybridized carbons (Fsp3) is 0.160. The van der Waals surface area contributed by atoms with Crippen molar-refractivity contribution < 1.29 is 14.7 Å². The first-order valence-corrected chi connectivity index (χ1v) is 10.0. The summed E-state index contributed by atoms with van der Waals surface area (Å²) >= 11 is 0. The lowest BCUT2D eigenvalue weighted by atomic mass is 9.93. The van der Waals surface area contributed by atoms with Crippen molar-refractivity contribution in [1.82, 2.24) is 9.80 Å². The van der Waals surface area contributed by atoms with Gasteiger partial charge in [0.05, 0.1) is 17.7 Å². The fourth-order valence-corrected chi connectivity index (χ4v) is 4.48. The van der Waals surface area contributed by atoms with Gasteiger partial charge < -0.3 is 14.9 Å². The third-order valence-corrected chi connectivity index (χ3v) is 6.14. The maximum absolute atomic E-state index is 13.2. The number of rotatable bonds is 3. The van der Waals surface area contributed by atoms with Gasteiger partial charge in [-0.1, -0.05) is 30.8 Å². The molecule has 3 aromatic rings. The number of hydrogen-bond acceptors (Lipinski definition) is 4. The quantitative estimate of drug-likeness (QED) is 0.672. The zero-order valence-electron chi connectivity index (χ0n) is 16.7. The van der Waals surface area contributed by atoms with Crippen LogP contribution in [0.3, 0.4) is 0 Å². The second-order valence-corrected chi connectivity index (χ2v) is 7.91. The Labute approximate surface area is 179 Å². The summed E-state index contributed by atoms with van der Waals surface area (Å²) in [6, 6.07) is 16.8. The number of phenols is 1. The number of phenolic OH excluding ortho intramolecular Hbond substituents is 1. The van der Waals surface area contributed by atoms with Crippen LogP contribution in [0.5, 0.6) is 5.75 Å². The second-order valence-electron chi connectivity index (χ2n) is 7.91.